The van der Waals surface area contributed by atoms with Crippen LogP contribution in [0.1, 0.15) is 17.2 Å². The van der Waals surface area contributed by atoms with E-state index >= 15 is 0 Å². The molecular formula is C15H14F3NO. The summed E-state index contributed by atoms with van der Waals surface area (Å²) in [5, 5.41) is 0. The number of ether oxygens (including phenoxy) is 1. The fourth-order valence-corrected chi connectivity index (χ4v) is 2.02. The van der Waals surface area contributed by atoms with Crippen molar-refractivity contribution < 1.29 is 17.9 Å². The number of nitrogens with two attached hydrogens (primary N) is 1. The molecule has 2 N–H and O–H groups in total. The van der Waals surface area contributed by atoms with Crippen molar-refractivity contribution in [3.05, 3.63) is 65.0 Å². The third-order valence-electron chi connectivity index (χ3n) is 3.06. The minimum absolute atomic E-state index is 0.0889. The van der Waals surface area contributed by atoms with E-state index in [4.69, 9.17) is 10.5 Å². The number of benzene rings is 2. The maximum Gasteiger partial charge on any atom is 0.168 e. The van der Waals surface area contributed by atoms with Gasteiger partial charge >= 0.3 is 0 Å². The summed E-state index contributed by atoms with van der Waals surface area (Å²) in [5.41, 5.74) is 6.34. The lowest BCUT2D eigenvalue weighted by Gasteiger charge is -2.14. The second-order valence-corrected chi connectivity index (χ2v) is 4.41. The van der Waals surface area contributed by atoms with Gasteiger partial charge in [0.1, 0.15) is 11.6 Å². The average molecular weight is 281 g/mol. The Kier molecular flexibility index (Phi) is 4.29. The Morgan fingerprint density at radius 3 is 2.55 bits per heavy atom. The van der Waals surface area contributed by atoms with Gasteiger partial charge in [-0.3, -0.25) is 0 Å². The molecule has 0 fully saturated rings. The van der Waals surface area contributed by atoms with Crippen molar-refractivity contribution in [2.45, 2.75) is 12.5 Å². The highest BCUT2D eigenvalue weighted by Crippen LogP contribution is 2.25. The first-order valence-corrected chi connectivity index (χ1v) is 6.05. The van der Waals surface area contributed by atoms with E-state index < -0.39 is 23.5 Å². The molecule has 1 unspecified atom stereocenters. The highest BCUT2D eigenvalue weighted by atomic mass is 19.1. The minimum atomic E-state index is -0.766. The van der Waals surface area contributed by atoms with Crippen LogP contribution in [0, 0.1) is 17.5 Å². The molecule has 106 valence electrons. The lowest BCUT2D eigenvalue weighted by molar-refractivity contribution is 0.383. The normalized spacial score (nSPS) is 12.2. The van der Waals surface area contributed by atoms with Crippen molar-refractivity contribution >= 4 is 0 Å². The van der Waals surface area contributed by atoms with Gasteiger partial charge in [0.2, 0.25) is 0 Å². The molecule has 2 rings (SSSR count). The first-order valence-electron chi connectivity index (χ1n) is 6.05. The third kappa shape index (κ3) is 2.93. The van der Waals surface area contributed by atoms with Crippen LogP contribution >= 0.6 is 0 Å². The topological polar surface area (TPSA) is 35.2 Å². The average Bonchev–Trinajstić information content (AvgIpc) is 2.41. The molecule has 0 bridgehead atoms. The molecule has 1 atom stereocenters. The molecule has 2 nitrogen and oxygen atoms in total. The molecule has 0 aromatic heterocycles. The van der Waals surface area contributed by atoms with Crippen molar-refractivity contribution in [1.29, 1.82) is 0 Å². The molecule has 2 aromatic rings. The third-order valence-corrected chi connectivity index (χ3v) is 3.06. The van der Waals surface area contributed by atoms with E-state index in [9.17, 15) is 13.2 Å². The zero-order valence-electron chi connectivity index (χ0n) is 10.9. The molecule has 0 saturated heterocycles. The Morgan fingerprint density at radius 1 is 1.15 bits per heavy atom. The maximum absolute atomic E-state index is 14.0. The summed E-state index contributed by atoms with van der Waals surface area (Å²) in [6, 6.07) is 7.06. The Morgan fingerprint density at radius 2 is 1.90 bits per heavy atom. The van der Waals surface area contributed by atoms with E-state index in [2.05, 4.69) is 0 Å². The SMILES string of the molecule is COc1cccc(CC(N)c2ccc(F)cc2F)c1F. The molecule has 0 saturated carbocycles. The predicted octanol–water partition coefficient (Wildman–Crippen LogP) is 3.36. The van der Waals surface area contributed by atoms with Crippen LogP contribution < -0.4 is 10.5 Å². The Labute approximate surface area is 115 Å². The quantitative estimate of drug-likeness (QED) is 0.932. The highest BCUT2D eigenvalue weighted by molar-refractivity contribution is 5.33. The van der Waals surface area contributed by atoms with E-state index in [1.807, 2.05) is 0 Å². The molecule has 0 aliphatic carbocycles. The number of hydrogen-bond donors (Lipinski definition) is 1. The van der Waals surface area contributed by atoms with Crippen molar-refractivity contribution in [2.75, 3.05) is 7.11 Å². The molecule has 0 amide bonds. The molecule has 0 radical (unpaired) electrons. The van der Waals surface area contributed by atoms with Gasteiger partial charge in [0.25, 0.3) is 0 Å². The van der Waals surface area contributed by atoms with E-state index in [1.165, 1.54) is 19.2 Å². The fourth-order valence-electron chi connectivity index (χ4n) is 2.02. The van der Waals surface area contributed by atoms with Crippen LogP contribution in [0.4, 0.5) is 13.2 Å². The first-order chi connectivity index (χ1) is 9.52. The molecule has 0 aliphatic rings. The number of methoxy groups -OCH3 is 1. The van der Waals surface area contributed by atoms with Crippen LogP contribution in [0.5, 0.6) is 5.75 Å². The van der Waals surface area contributed by atoms with Crippen LogP contribution in [-0.4, -0.2) is 7.11 Å². The van der Waals surface area contributed by atoms with Gasteiger partial charge in [-0.2, -0.15) is 0 Å². The largest absolute Gasteiger partial charge is 0.494 e. The van der Waals surface area contributed by atoms with E-state index in [1.54, 1.807) is 12.1 Å². The van der Waals surface area contributed by atoms with Crippen LogP contribution in [0.3, 0.4) is 0 Å². The summed E-state index contributed by atoms with van der Waals surface area (Å²) in [4.78, 5) is 0. The highest BCUT2D eigenvalue weighted by Gasteiger charge is 2.16. The summed E-state index contributed by atoms with van der Waals surface area (Å²) in [6.07, 6.45) is 0.0889. The van der Waals surface area contributed by atoms with Crippen molar-refractivity contribution in [2.24, 2.45) is 5.73 Å². The second-order valence-electron chi connectivity index (χ2n) is 4.41. The van der Waals surface area contributed by atoms with Gasteiger partial charge in [-0.05, 0) is 24.1 Å². The Bertz CT molecular complexity index is 616. The fraction of sp³-hybridized carbons (Fsp3) is 0.200. The van der Waals surface area contributed by atoms with Crippen LogP contribution in [0.2, 0.25) is 0 Å². The Balaban J connectivity index is 2.25. The van der Waals surface area contributed by atoms with Crippen molar-refractivity contribution in [3.63, 3.8) is 0 Å². The Hall–Kier alpha value is -2.01. The summed E-state index contributed by atoms with van der Waals surface area (Å²) in [5.74, 6) is -1.82. The smallest absolute Gasteiger partial charge is 0.168 e. The number of halogens is 3. The first kappa shape index (κ1) is 14.4. The van der Waals surface area contributed by atoms with Crippen LogP contribution in [0.15, 0.2) is 36.4 Å². The molecule has 20 heavy (non-hydrogen) atoms. The molecule has 5 heteroatoms. The minimum Gasteiger partial charge on any atom is -0.494 e. The molecule has 0 spiro atoms. The molecule has 0 aliphatic heterocycles. The van der Waals surface area contributed by atoms with Crippen LogP contribution in [0.25, 0.3) is 0 Å². The number of hydrogen-bond acceptors (Lipinski definition) is 2. The van der Waals surface area contributed by atoms with Gasteiger partial charge in [-0.1, -0.05) is 18.2 Å². The maximum atomic E-state index is 14.0. The molecule has 2 aromatic carbocycles. The molecule has 0 heterocycles. The summed E-state index contributed by atoms with van der Waals surface area (Å²) < 4.78 is 45.3. The van der Waals surface area contributed by atoms with Gasteiger partial charge in [-0.25, -0.2) is 13.2 Å². The predicted molar refractivity (Wildman–Crippen MR) is 69.9 cm³/mol. The lowest BCUT2D eigenvalue weighted by atomic mass is 9.98. The lowest BCUT2D eigenvalue weighted by Crippen LogP contribution is -2.16. The van der Waals surface area contributed by atoms with Gasteiger partial charge in [0, 0.05) is 17.7 Å². The van der Waals surface area contributed by atoms with Crippen LogP contribution in [-0.2, 0) is 6.42 Å². The summed E-state index contributed by atoms with van der Waals surface area (Å²) in [6.45, 7) is 0. The van der Waals surface area contributed by atoms with E-state index in [0.29, 0.717) is 5.56 Å². The number of rotatable bonds is 4. The zero-order chi connectivity index (χ0) is 14.7. The second kappa shape index (κ2) is 5.96. The van der Waals surface area contributed by atoms with Crippen molar-refractivity contribution in [3.8, 4) is 5.75 Å². The van der Waals surface area contributed by atoms with Gasteiger partial charge in [0.05, 0.1) is 7.11 Å². The summed E-state index contributed by atoms with van der Waals surface area (Å²) in [7, 11) is 1.36. The monoisotopic (exact) mass is 281 g/mol. The summed E-state index contributed by atoms with van der Waals surface area (Å²) >= 11 is 0. The molecular weight excluding hydrogens is 267 g/mol. The van der Waals surface area contributed by atoms with Crippen molar-refractivity contribution in [1.82, 2.24) is 0 Å². The zero-order valence-corrected chi connectivity index (χ0v) is 10.9. The van der Waals surface area contributed by atoms with E-state index in [0.717, 1.165) is 12.1 Å². The van der Waals surface area contributed by atoms with E-state index in [-0.39, 0.29) is 17.7 Å². The van der Waals surface area contributed by atoms with Gasteiger partial charge in [0.15, 0.2) is 11.6 Å². The standard InChI is InChI=1S/C15H14F3NO/c1-20-14-4-2-3-9(15(14)18)7-13(19)11-6-5-10(16)8-12(11)17/h2-6,8,13H,7,19H2,1H3. The van der Waals surface area contributed by atoms with Gasteiger partial charge in [-0.15, -0.1) is 0 Å². The van der Waals surface area contributed by atoms with Gasteiger partial charge < -0.3 is 10.5 Å².